The van der Waals surface area contributed by atoms with Crippen LogP contribution in [0.25, 0.3) is 0 Å². The van der Waals surface area contributed by atoms with Crippen LogP contribution in [-0.2, 0) is 9.59 Å². The first-order valence-corrected chi connectivity index (χ1v) is 9.75. The Kier molecular flexibility index (Phi) is 6.66. The SMILES string of the molecule is CC(Oc1ccc(F)cc1)C(=O)N1CCCC(CNC(=O)C2CCCN2)C1. The van der Waals surface area contributed by atoms with Gasteiger partial charge in [0.15, 0.2) is 6.10 Å². The van der Waals surface area contributed by atoms with Crippen LogP contribution in [0.4, 0.5) is 4.39 Å². The van der Waals surface area contributed by atoms with Crippen LogP contribution in [0.15, 0.2) is 24.3 Å². The van der Waals surface area contributed by atoms with E-state index in [-0.39, 0.29) is 29.6 Å². The van der Waals surface area contributed by atoms with E-state index in [0.29, 0.717) is 25.4 Å². The number of nitrogens with zero attached hydrogens (tertiary/aromatic N) is 1. The van der Waals surface area contributed by atoms with E-state index in [1.54, 1.807) is 6.92 Å². The molecule has 7 heteroatoms. The summed E-state index contributed by atoms with van der Waals surface area (Å²) in [5.74, 6) is 0.375. The number of carbonyl (C=O) groups is 2. The molecule has 2 aliphatic rings. The van der Waals surface area contributed by atoms with Crippen molar-refractivity contribution in [3.05, 3.63) is 30.1 Å². The molecule has 2 heterocycles. The Bertz CT molecular complexity index is 646. The molecular weight excluding hydrogens is 349 g/mol. The van der Waals surface area contributed by atoms with Crippen LogP contribution in [0.2, 0.25) is 0 Å². The van der Waals surface area contributed by atoms with Crippen LogP contribution in [-0.4, -0.2) is 55.0 Å². The quantitative estimate of drug-likeness (QED) is 0.792. The van der Waals surface area contributed by atoms with Crippen molar-refractivity contribution in [2.75, 3.05) is 26.2 Å². The number of likely N-dealkylation sites (tertiary alicyclic amines) is 1. The van der Waals surface area contributed by atoms with Gasteiger partial charge in [-0.3, -0.25) is 9.59 Å². The number of halogens is 1. The molecule has 2 fully saturated rings. The van der Waals surface area contributed by atoms with Crippen molar-refractivity contribution >= 4 is 11.8 Å². The van der Waals surface area contributed by atoms with Gasteiger partial charge in [0.1, 0.15) is 11.6 Å². The topological polar surface area (TPSA) is 70.7 Å². The first-order chi connectivity index (χ1) is 13.0. The molecule has 0 spiro atoms. The van der Waals surface area contributed by atoms with Crippen molar-refractivity contribution in [2.45, 2.75) is 44.8 Å². The Balaban J connectivity index is 1.46. The lowest BCUT2D eigenvalue weighted by atomic mass is 9.97. The summed E-state index contributed by atoms with van der Waals surface area (Å²) in [5, 5.41) is 6.22. The second kappa shape index (κ2) is 9.17. The molecule has 0 radical (unpaired) electrons. The summed E-state index contributed by atoms with van der Waals surface area (Å²) in [6.07, 6.45) is 3.20. The predicted molar refractivity (Wildman–Crippen MR) is 99.8 cm³/mol. The number of amides is 2. The molecule has 6 nitrogen and oxygen atoms in total. The molecule has 2 N–H and O–H groups in total. The van der Waals surface area contributed by atoms with Crippen molar-refractivity contribution in [3.8, 4) is 5.75 Å². The normalized spacial score (nSPS) is 23.7. The Morgan fingerprint density at radius 2 is 2.07 bits per heavy atom. The van der Waals surface area contributed by atoms with Gasteiger partial charge in [0, 0.05) is 19.6 Å². The van der Waals surface area contributed by atoms with Crippen molar-refractivity contribution in [1.29, 1.82) is 0 Å². The van der Waals surface area contributed by atoms with Crippen molar-refractivity contribution in [2.24, 2.45) is 5.92 Å². The molecule has 2 amide bonds. The van der Waals surface area contributed by atoms with Gasteiger partial charge in [-0.25, -0.2) is 4.39 Å². The summed E-state index contributed by atoms with van der Waals surface area (Å²) in [6, 6.07) is 5.59. The van der Waals surface area contributed by atoms with E-state index in [4.69, 9.17) is 4.74 Å². The van der Waals surface area contributed by atoms with Gasteiger partial charge in [-0.2, -0.15) is 0 Å². The number of hydrogen-bond donors (Lipinski definition) is 2. The van der Waals surface area contributed by atoms with Crippen molar-refractivity contribution in [3.63, 3.8) is 0 Å². The lowest BCUT2D eigenvalue weighted by Gasteiger charge is -2.34. The molecule has 148 valence electrons. The lowest BCUT2D eigenvalue weighted by Crippen LogP contribution is -2.49. The minimum Gasteiger partial charge on any atom is -0.481 e. The molecule has 3 atom stereocenters. The highest BCUT2D eigenvalue weighted by Gasteiger charge is 2.29. The number of carbonyl (C=O) groups excluding carboxylic acids is 2. The average Bonchev–Trinajstić information content (AvgIpc) is 3.22. The molecular formula is C20H28FN3O3. The van der Waals surface area contributed by atoms with Crippen molar-refractivity contribution < 1.29 is 18.7 Å². The van der Waals surface area contributed by atoms with Gasteiger partial charge in [0.25, 0.3) is 5.91 Å². The summed E-state index contributed by atoms with van der Waals surface area (Å²) in [5.41, 5.74) is 0. The zero-order valence-corrected chi connectivity index (χ0v) is 15.7. The standard InChI is InChI=1S/C20H28FN3O3/c1-14(27-17-8-6-16(21)7-9-17)20(26)24-11-3-4-15(13-24)12-23-19(25)18-5-2-10-22-18/h6-9,14-15,18,22H,2-5,10-13H2,1H3,(H,23,25). The Hall–Kier alpha value is -2.15. The van der Waals surface area contributed by atoms with Gasteiger partial charge in [-0.1, -0.05) is 0 Å². The number of benzene rings is 1. The smallest absolute Gasteiger partial charge is 0.263 e. The maximum Gasteiger partial charge on any atom is 0.263 e. The molecule has 3 unspecified atom stereocenters. The van der Waals surface area contributed by atoms with Crippen LogP contribution in [0.1, 0.15) is 32.6 Å². The number of piperidine rings is 1. The molecule has 2 aliphatic heterocycles. The Morgan fingerprint density at radius 3 is 2.78 bits per heavy atom. The largest absolute Gasteiger partial charge is 0.481 e. The van der Waals surface area contributed by atoms with Crippen LogP contribution in [0.5, 0.6) is 5.75 Å². The Labute approximate surface area is 159 Å². The molecule has 0 aliphatic carbocycles. The summed E-state index contributed by atoms with van der Waals surface area (Å²) in [6.45, 7) is 4.52. The van der Waals surface area contributed by atoms with E-state index in [0.717, 1.165) is 32.2 Å². The molecule has 1 aromatic rings. The minimum atomic E-state index is -0.633. The van der Waals surface area contributed by atoms with Gasteiger partial charge in [0.2, 0.25) is 5.91 Å². The fraction of sp³-hybridized carbons (Fsp3) is 0.600. The number of ether oxygens (including phenoxy) is 1. The van der Waals surface area contributed by atoms with E-state index in [1.807, 2.05) is 4.90 Å². The number of hydrogen-bond acceptors (Lipinski definition) is 4. The van der Waals surface area contributed by atoms with E-state index >= 15 is 0 Å². The maximum atomic E-state index is 13.0. The highest BCUT2D eigenvalue weighted by molar-refractivity contribution is 5.82. The molecule has 0 saturated carbocycles. The van der Waals surface area contributed by atoms with Crippen LogP contribution < -0.4 is 15.4 Å². The third-order valence-corrected chi connectivity index (χ3v) is 5.25. The summed E-state index contributed by atoms with van der Waals surface area (Å²) in [7, 11) is 0. The summed E-state index contributed by atoms with van der Waals surface area (Å²) in [4.78, 5) is 26.6. The molecule has 27 heavy (non-hydrogen) atoms. The highest BCUT2D eigenvalue weighted by Crippen LogP contribution is 2.19. The van der Waals surface area contributed by atoms with E-state index in [1.165, 1.54) is 24.3 Å². The van der Waals surface area contributed by atoms with E-state index < -0.39 is 6.10 Å². The monoisotopic (exact) mass is 377 g/mol. The third-order valence-electron chi connectivity index (χ3n) is 5.25. The number of rotatable bonds is 6. The average molecular weight is 377 g/mol. The first-order valence-electron chi connectivity index (χ1n) is 9.75. The second-order valence-corrected chi connectivity index (χ2v) is 7.40. The van der Waals surface area contributed by atoms with Crippen LogP contribution in [0, 0.1) is 11.7 Å². The third kappa shape index (κ3) is 5.42. The molecule has 3 rings (SSSR count). The zero-order valence-electron chi connectivity index (χ0n) is 15.7. The first kappa shape index (κ1) is 19.6. The van der Waals surface area contributed by atoms with E-state index in [2.05, 4.69) is 10.6 Å². The zero-order chi connectivity index (χ0) is 19.2. The molecule has 1 aromatic carbocycles. The van der Waals surface area contributed by atoms with Gasteiger partial charge in [0.05, 0.1) is 6.04 Å². The summed E-state index contributed by atoms with van der Waals surface area (Å²) < 4.78 is 18.6. The lowest BCUT2D eigenvalue weighted by molar-refractivity contribution is -0.139. The van der Waals surface area contributed by atoms with E-state index in [9.17, 15) is 14.0 Å². The fourth-order valence-electron chi connectivity index (χ4n) is 3.73. The summed E-state index contributed by atoms with van der Waals surface area (Å²) >= 11 is 0. The number of nitrogens with one attached hydrogen (secondary N) is 2. The highest BCUT2D eigenvalue weighted by atomic mass is 19.1. The van der Waals surface area contributed by atoms with Crippen molar-refractivity contribution in [1.82, 2.24) is 15.5 Å². The van der Waals surface area contributed by atoms with Gasteiger partial charge in [-0.05, 0) is 69.3 Å². The Morgan fingerprint density at radius 1 is 1.30 bits per heavy atom. The minimum absolute atomic E-state index is 0.0592. The second-order valence-electron chi connectivity index (χ2n) is 7.40. The predicted octanol–water partition coefficient (Wildman–Crippen LogP) is 1.70. The van der Waals surface area contributed by atoms with Crippen LogP contribution >= 0.6 is 0 Å². The molecule has 0 aromatic heterocycles. The van der Waals surface area contributed by atoms with Gasteiger partial charge in [-0.15, -0.1) is 0 Å². The van der Waals surface area contributed by atoms with Gasteiger partial charge < -0.3 is 20.3 Å². The maximum absolute atomic E-state index is 13.0. The van der Waals surface area contributed by atoms with Gasteiger partial charge >= 0.3 is 0 Å². The van der Waals surface area contributed by atoms with Crippen LogP contribution in [0.3, 0.4) is 0 Å². The molecule has 0 bridgehead atoms. The molecule has 2 saturated heterocycles. The fourth-order valence-corrected chi connectivity index (χ4v) is 3.73.